The van der Waals surface area contributed by atoms with Crippen LogP contribution < -0.4 is 0 Å². The molecule has 0 radical (unpaired) electrons. The normalized spacial score (nSPS) is 14.9. The van der Waals surface area contributed by atoms with Crippen molar-refractivity contribution in [2.75, 3.05) is 13.7 Å². The van der Waals surface area contributed by atoms with Crippen molar-refractivity contribution in [3.63, 3.8) is 0 Å². The summed E-state index contributed by atoms with van der Waals surface area (Å²) in [7, 11) is -1.77. The molecule has 0 saturated carbocycles. The average molecular weight is 481 g/mol. The second-order valence-electron chi connectivity index (χ2n) is 8.65. The lowest BCUT2D eigenvalue weighted by molar-refractivity contribution is -0.0318. The molecule has 184 valence electrons. The van der Waals surface area contributed by atoms with Gasteiger partial charge in [0.2, 0.25) is 0 Å². The average Bonchev–Trinajstić information content (AvgIpc) is 2.85. The van der Waals surface area contributed by atoms with Crippen molar-refractivity contribution in [1.29, 1.82) is 0 Å². The molecule has 0 bridgehead atoms. The van der Waals surface area contributed by atoms with Gasteiger partial charge in [-0.1, -0.05) is 71.9 Å². The molecule has 0 saturated heterocycles. The monoisotopic (exact) mass is 480 g/mol. The summed E-state index contributed by atoms with van der Waals surface area (Å²) in [5.74, 6) is 0.837. The van der Waals surface area contributed by atoms with Gasteiger partial charge in [0.1, 0.15) is 11.9 Å². The first-order chi connectivity index (χ1) is 15.4. The third-order valence-electron chi connectivity index (χ3n) is 7.22. The third-order valence-corrected chi connectivity index (χ3v) is 16.5. The molecule has 0 aliphatic rings. The van der Waals surface area contributed by atoms with Gasteiger partial charge in [0, 0.05) is 0 Å². The molecule has 0 aliphatic carbocycles. The summed E-state index contributed by atoms with van der Waals surface area (Å²) in [5, 5.41) is 0. The van der Waals surface area contributed by atoms with E-state index in [1.807, 2.05) is 18.2 Å². The predicted octanol–water partition coefficient (Wildman–Crippen LogP) is 7.53. The van der Waals surface area contributed by atoms with Crippen molar-refractivity contribution < 1.29 is 18.3 Å². The number of hydrogen-bond donors (Lipinski definition) is 0. The van der Waals surface area contributed by atoms with Gasteiger partial charge in [-0.2, -0.15) is 0 Å². The Kier molecular flexibility index (Phi) is 13.7. The van der Waals surface area contributed by atoms with E-state index in [2.05, 4.69) is 66.7 Å². The van der Waals surface area contributed by atoms with E-state index in [4.69, 9.17) is 18.3 Å². The molecule has 1 aromatic carbocycles. The molecule has 0 heterocycles. The summed E-state index contributed by atoms with van der Waals surface area (Å²) in [6.45, 7) is 16.8. The van der Waals surface area contributed by atoms with Gasteiger partial charge < -0.3 is 18.3 Å². The van der Waals surface area contributed by atoms with Crippen LogP contribution in [0.3, 0.4) is 0 Å². The minimum Gasteiger partial charge on any atom is -0.499 e. The van der Waals surface area contributed by atoms with Gasteiger partial charge in [-0.15, -0.1) is 0 Å². The minimum atomic E-state index is -1.86. The first kappa shape index (κ1) is 29.1. The van der Waals surface area contributed by atoms with E-state index >= 15 is 0 Å². The molecule has 0 aliphatic heterocycles. The Bertz CT molecular complexity index is 626. The number of rotatable bonds is 17. The van der Waals surface area contributed by atoms with Crippen LogP contribution in [0, 0.1) is 0 Å². The zero-order valence-corrected chi connectivity index (χ0v) is 23.9. The summed E-state index contributed by atoms with van der Waals surface area (Å²) in [4.78, 5) is 0. The summed E-state index contributed by atoms with van der Waals surface area (Å²) < 4.78 is 25.6. The first-order valence-electron chi connectivity index (χ1n) is 12.6. The lowest BCUT2D eigenvalue weighted by atomic mass is 10.1. The van der Waals surface area contributed by atoms with E-state index in [1.165, 1.54) is 5.56 Å². The molecule has 0 spiro atoms. The Labute approximate surface area is 200 Å². The highest BCUT2D eigenvalue weighted by Crippen LogP contribution is 2.29. The van der Waals surface area contributed by atoms with Gasteiger partial charge >= 0.3 is 0 Å². The van der Waals surface area contributed by atoms with Gasteiger partial charge in [-0.3, -0.25) is 0 Å². The second-order valence-corrected chi connectivity index (χ2v) is 18.1. The lowest BCUT2D eigenvalue weighted by Crippen LogP contribution is -2.45. The van der Waals surface area contributed by atoms with Gasteiger partial charge in [0.15, 0.2) is 16.6 Å². The fraction of sp³-hybridized carbons (Fsp3) is 0.692. The molecule has 32 heavy (non-hydrogen) atoms. The van der Waals surface area contributed by atoms with Crippen molar-refractivity contribution in [2.24, 2.45) is 0 Å². The summed E-state index contributed by atoms with van der Waals surface area (Å²) in [6.07, 6.45) is 1.75. The zero-order chi connectivity index (χ0) is 24.0. The number of methoxy groups -OCH3 is 1. The van der Waals surface area contributed by atoms with Crippen LogP contribution in [-0.4, -0.2) is 42.6 Å². The smallest absolute Gasteiger partial charge is 0.193 e. The van der Waals surface area contributed by atoms with Crippen LogP contribution >= 0.6 is 0 Å². The molecule has 1 rings (SSSR count). The van der Waals surface area contributed by atoms with Crippen molar-refractivity contribution in [3.05, 3.63) is 47.7 Å². The fourth-order valence-electron chi connectivity index (χ4n) is 4.22. The first-order valence-corrected chi connectivity index (χ1v) is 17.7. The summed E-state index contributed by atoms with van der Waals surface area (Å²) in [6, 6.07) is 17.0. The summed E-state index contributed by atoms with van der Waals surface area (Å²) >= 11 is 0. The van der Waals surface area contributed by atoms with E-state index in [0.717, 1.165) is 42.0 Å². The van der Waals surface area contributed by atoms with Gasteiger partial charge in [0.05, 0.1) is 26.4 Å². The van der Waals surface area contributed by atoms with Crippen LogP contribution in [0.5, 0.6) is 0 Å². The summed E-state index contributed by atoms with van der Waals surface area (Å²) in [5.41, 5.74) is 1.17. The molecule has 0 unspecified atom stereocenters. The van der Waals surface area contributed by atoms with Crippen molar-refractivity contribution >= 4 is 16.6 Å². The van der Waals surface area contributed by atoms with Gasteiger partial charge in [-0.25, -0.2) is 0 Å². The van der Waals surface area contributed by atoms with Crippen molar-refractivity contribution in [3.8, 4) is 0 Å². The maximum absolute atomic E-state index is 6.93. The molecule has 0 fully saturated rings. The lowest BCUT2D eigenvalue weighted by Gasteiger charge is -2.36. The Hall–Kier alpha value is -0.926. The van der Waals surface area contributed by atoms with Crippen LogP contribution in [0.4, 0.5) is 0 Å². The van der Waals surface area contributed by atoms with E-state index in [1.54, 1.807) is 7.11 Å². The van der Waals surface area contributed by atoms with Crippen LogP contribution in [0.15, 0.2) is 42.2 Å². The molecule has 0 N–H and O–H groups in total. The van der Waals surface area contributed by atoms with E-state index < -0.39 is 16.6 Å². The molecule has 1 aromatic rings. The molecule has 6 heteroatoms. The largest absolute Gasteiger partial charge is 0.499 e. The molecular weight excluding hydrogens is 432 g/mol. The van der Waals surface area contributed by atoms with Crippen molar-refractivity contribution in [1.82, 2.24) is 0 Å². The van der Waals surface area contributed by atoms with Gasteiger partial charge in [0.25, 0.3) is 0 Å². The predicted molar refractivity (Wildman–Crippen MR) is 141 cm³/mol. The van der Waals surface area contributed by atoms with Gasteiger partial charge in [-0.05, 0) is 54.8 Å². The highest BCUT2D eigenvalue weighted by Gasteiger charge is 2.37. The molecular formula is C26H48O4Si2. The van der Waals surface area contributed by atoms with Crippen LogP contribution in [0.25, 0.3) is 0 Å². The third kappa shape index (κ3) is 8.45. The highest BCUT2D eigenvalue weighted by atomic mass is 28.4. The van der Waals surface area contributed by atoms with E-state index in [-0.39, 0.29) is 12.2 Å². The fourth-order valence-corrected chi connectivity index (χ4v) is 9.61. The van der Waals surface area contributed by atoms with E-state index in [0.29, 0.717) is 13.2 Å². The second kappa shape index (κ2) is 15.1. The zero-order valence-electron chi connectivity index (χ0n) is 21.9. The topological polar surface area (TPSA) is 36.9 Å². The number of ether oxygens (including phenoxy) is 2. The molecule has 0 aromatic heterocycles. The maximum atomic E-state index is 6.93. The highest BCUT2D eigenvalue weighted by molar-refractivity contribution is 6.74. The maximum Gasteiger partial charge on any atom is 0.193 e. The molecule has 4 nitrogen and oxygen atoms in total. The van der Waals surface area contributed by atoms with E-state index in [9.17, 15) is 0 Å². The Morgan fingerprint density at radius 1 is 0.844 bits per heavy atom. The standard InChI is InChI=1S/C26H48O4Si2/c1-9-31(10-2,11-3)29-21-20-25(27-8)26(30-32(12-4,13-5)14-6)23(7)28-22-24-18-16-15-17-19-24/h15-20,23,26H,9-14,21-22H2,1-8H3/b25-20+/t23-,26+/m0/s1. The van der Waals surface area contributed by atoms with Crippen LogP contribution in [0.2, 0.25) is 36.3 Å². The number of benzene rings is 1. The SMILES string of the molecule is CC[Si](CC)(CC)OC/C=C(/OC)[C@H](O[Si](CC)(CC)CC)[C@H](C)OCc1ccccc1. The van der Waals surface area contributed by atoms with Crippen LogP contribution in [-0.2, 0) is 24.9 Å². The van der Waals surface area contributed by atoms with Crippen LogP contribution in [0.1, 0.15) is 54.0 Å². The van der Waals surface area contributed by atoms with Crippen molar-refractivity contribution in [2.45, 2.75) is 104 Å². The minimum absolute atomic E-state index is 0.122. The quantitative estimate of drug-likeness (QED) is 0.170. The molecule has 0 amide bonds. The Morgan fingerprint density at radius 3 is 1.84 bits per heavy atom. The Balaban J connectivity index is 3.08. The number of hydrogen-bond acceptors (Lipinski definition) is 4. The Morgan fingerprint density at radius 2 is 1.38 bits per heavy atom. The molecule has 2 atom stereocenters.